The van der Waals surface area contributed by atoms with Crippen LogP contribution in [0.4, 0.5) is 0 Å². The molecule has 0 aromatic rings. The third-order valence-corrected chi connectivity index (χ3v) is 4.09. The zero-order valence-corrected chi connectivity index (χ0v) is 9.60. The molecular formula is C9H14N2O3S. The van der Waals surface area contributed by atoms with Crippen LogP contribution in [0.2, 0.25) is 0 Å². The van der Waals surface area contributed by atoms with E-state index in [9.17, 15) is 13.2 Å². The number of sulfone groups is 1. The fourth-order valence-electron chi connectivity index (χ4n) is 1.44. The van der Waals surface area contributed by atoms with Crippen LogP contribution in [0, 0.1) is 17.2 Å². The summed E-state index contributed by atoms with van der Waals surface area (Å²) < 4.78 is 22.3. The number of hydrogen-bond donors (Lipinski definition) is 1. The maximum atomic E-state index is 11.6. The highest BCUT2D eigenvalue weighted by molar-refractivity contribution is 7.91. The van der Waals surface area contributed by atoms with Gasteiger partial charge in [-0.3, -0.25) is 4.79 Å². The van der Waals surface area contributed by atoms with Gasteiger partial charge in [0.1, 0.15) is 5.54 Å². The Kier molecular flexibility index (Phi) is 3.05. The summed E-state index contributed by atoms with van der Waals surface area (Å²) in [5.74, 6) is -0.872. The quantitative estimate of drug-likeness (QED) is 0.714. The smallest absolute Gasteiger partial charge is 0.225 e. The second kappa shape index (κ2) is 3.81. The van der Waals surface area contributed by atoms with Crippen molar-refractivity contribution >= 4 is 15.7 Å². The topological polar surface area (TPSA) is 87.0 Å². The first-order chi connectivity index (χ1) is 6.76. The van der Waals surface area contributed by atoms with Crippen LogP contribution < -0.4 is 5.32 Å². The van der Waals surface area contributed by atoms with Crippen molar-refractivity contribution in [3.8, 4) is 6.07 Å². The van der Waals surface area contributed by atoms with Crippen molar-refractivity contribution in [2.24, 2.45) is 5.92 Å². The molecule has 1 fully saturated rings. The molecule has 1 unspecified atom stereocenters. The van der Waals surface area contributed by atoms with E-state index in [1.165, 1.54) is 0 Å². The number of rotatable bonds is 2. The Bertz CT molecular complexity index is 406. The molecule has 1 atom stereocenters. The van der Waals surface area contributed by atoms with Gasteiger partial charge in [-0.25, -0.2) is 8.42 Å². The van der Waals surface area contributed by atoms with Crippen molar-refractivity contribution in [2.45, 2.75) is 25.8 Å². The number of nitrogens with one attached hydrogen (secondary N) is 1. The minimum absolute atomic E-state index is 0.0675. The van der Waals surface area contributed by atoms with Crippen LogP contribution in [0.25, 0.3) is 0 Å². The lowest BCUT2D eigenvalue weighted by atomic mass is 10.0. The Morgan fingerprint density at radius 3 is 2.53 bits per heavy atom. The minimum Gasteiger partial charge on any atom is -0.338 e. The first kappa shape index (κ1) is 12.0. The highest BCUT2D eigenvalue weighted by atomic mass is 32.2. The molecule has 1 aliphatic heterocycles. The molecule has 1 aliphatic rings. The van der Waals surface area contributed by atoms with Crippen LogP contribution in [-0.4, -0.2) is 31.4 Å². The normalized spacial score (nSPS) is 24.5. The number of carbonyl (C=O) groups excluding carboxylic acids is 1. The van der Waals surface area contributed by atoms with E-state index in [1.807, 2.05) is 6.07 Å². The van der Waals surface area contributed by atoms with E-state index in [2.05, 4.69) is 5.32 Å². The van der Waals surface area contributed by atoms with E-state index < -0.39 is 21.3 Å². The Morgan fingerprint density at radius 1 is 1.53 bits per heavy atom. The molecule has 15 heavy (non-hydrogen) atoms. The summed E-state index contributed by atoms with van der Waals surface area (Å²) in [6.07, 6.45) is 0.357. The lowest BCUT2D eigenvalue weighted by Gasteiger charge is -2.19. The van der Waals surface area contributed by atoms with E-state index in [-0.39, 0.29) is 17.4 Å². The number of carbonyl (C=O) groups is 1. The maximum Gasteiger partial charge on any atom is 0.225 e. The fourth-order valence-corrected chi connectivity index (χ4v) is 3.18. The number of hydrogen-bond acceptors (Lipinski definition) is 4. The SMILES string of the molecule is CC(C)(C#N)NC(=O)C1CCS(=O)(=O)C1. The third kappa shape index (κ3) is 3.20. The lowest BCUT2D eigenvalue weighted by molar-refractivity contribution is -0.125. The second-order valence-corrected chi connectivity index (χ2v) is 6.55. The molecule has 1 N–H and O–H groups in total. The molecule has 84 valence electrons. The molecule has 1 saturated heterocycles. The largest absolute Gasteiger partial charge is 0.338 e. The van der Waals surface area contributed by atoms with Gasteiger partial charge >= 0.3 is 0 Å². The summed E-state index contributed by atoms with van der Waals surface area (Å²) in [5, 5.41) is 11.2. The molecular weight excluding hydrogens is 216 g/mol. The van der Waals surface area contributed by atoms with Crippen LogP contribution in [0.15, 0.2) is 0 Å². The third-order valence-electron chi connectivity index (χ3n) is 2.32. The summed E-state index contributed by atoms with van der Waals surface area (Å²) in [6.45, 7) is 3.16. The molecule has 0 spiro atoms. The standard InChI is InChI=1S/C9H14N2O3S/c1-9(2,6-10)11-8(12)7-3-4-15(13,14)5-7/h7H,3-5H2,1-2H3,(H,11,12). The summed E-state index contributed by atoms with van der Waals surface area (Å²) in [6, 6.07) is 1.94. The van der Waals surface area contributed by atoms with Gasteiger partial charge in [-0.1, -0.05) is 0 Å². The Balaban J connectivity index is 2.62. The van der Waals surface area contributed by atoms with Crippen molar-refractivity contribution in [1.29, 1.82) is 5.26 Å². The molecule has 0 radical (unpaired) electrons. The monoisotopic (exact) mass is 230 g/mol. The molecule has 0 aromatic heterocycles. The Morgan fingerprint density at radius 2 is 2.13 bits per heavy atom. The van der Waals surface area contributed by atoms with Crippen molar-refractivity contribution in [3.05, 3.63) is 0 Å². The van der Waals surface area contributed by atoms with Gasteiger partial charge in [0.2, 0.25) is 5.91 Å². The summed E-state index contributed by atoms with van der Waals surface area (Å²) in [5.41, 5.74) is -0.941. The van der Waals surface area contributed by atoms with Crippen LogP contribution in [0.3, 0.4) is 0 Å². The van der Waals surface area contributed by atoms with E-state index in [4.69, 9.17) is 5.26 Å². The fraction of sp³-hybridized carbons (Fsp3) is 0.778. The second-order valence-electron chi connectivity index (χ2n) is 4.33. The molecule has 1 amide bonds. The molecule has 1 heterocycles. The zero-order chi connectivity index (χ0) is 11.7. The van der Waals surface area contributed by atoms with Gasteiger partial charge in [0.05, 0.1) is 23.5 Å². The molecule has 0 aromatic carbocycles. The van der Waals surface area contributed by atoms with E-state index in [0.717, 1.165) is 0 Å². The molecule has 0 bridgehead atoms. The summed E-state index contributed by atoms with van der Waals surface area (Å²) >= 11 is 0. The van der Waals surface area contributed by atoms with Crippen LogP contribution in [-0.2, 0) is 14.6 Å². The minimum atomic E-state index is -3.05. The van der Waals surface area contributed by atoms with Gasteiger partial charge in [0, 0.05) is 0 Å². The first-order valence-electron chi connectivity index (χ1n) is 4.69. The average Bonchev–Trinajstić information content (AvgIpc) is 2.45. The number of nitrogens with zero attached hydrogens (tertiary/aromatic N) is 1. The van der Waals surface area contributed by atoms with Gasteiger partial charge < -0.3 is 5.32 Å². The van der Waals surface area contributed by atoms with Crippen molar-refractivity contribution in [1.82, 2.24) is 5.32 Å². The van der Waals surface area contributed by atoms with Gasteiger partial charge in [-0.15, -0.1) is 0 Å². The predicted molar refractivity (Wildman–Crippen MR) is 54.6 cm³/mol. The maximum absolute atomic E-state index is 11.6. The van der Waals surface area contributed by atoms with E-state index >= 15 is 0 Å². The molecule has 6 heteroatoms. The molecule has 5 nitrogen and oxygen atoms in total. The predicted octanol–water partition coefficient (Wildman–Crippen LogP) is -0.161. The summed E-state index contributed by atoms with van der Waals surface area (Å²) in [4.78, 5) is 11.6. The summed E-state index contributed by atoms with van der Waals surface area (Å²) in [7, 11) is -3.05. The van der Waals surface area contributed by atoms with E-state index in [0.29, 0.717) is 6.42 Å². The number of nitriles is 1. The number of amides is 1. The van der Waals surface area contributed by atoms with Gasteiger partial charge in [0.15, 0.2) is 9.84 Å². The lowest BCUT2D eigenvalue weighted by Crippen LogP contribution is -2.45. The van der Waals surface area contributed by atoms with Crippen LogP contribution >= 0.6 is 0 Å². The van der Waals surface area contributed by atoms with Gasteiger partial charge in [0.25, 0.3) is 0 Å². The van der Waals surface area contributed by atoms with Gasteiger partial charge in [-0.2, -0.15) is 5.26 Å². The van der Waals surface area contributed by atoms with Crippen LogP contribution in [0.5, 0.6) is 0 Å². The Hall–Kier alpha value is -1.09. The van der Waals surface area contributed by atoms with Crippen molar-refractivity contribution < 1.29 is 13.2 Å². The van der Waals surface area contributed by atoms with Crippen molar-refractivity contribution in [3.63, 3.8) is 0 Å². The highest BCUT2D eigenvalue weighted by Crippen LogP contribution is 2.19. The Labute approximate surface area is 89.4 Å². The average molecular weight is 230 g/mol. The highest BCUT2D eigenvalue weighted by Gasteiger charge is 2.34. The van der Waals surface area contributed by atoms with Crippen molar-refractivity contribution in [2.75, 3.05) is 11.5 Å². The molecule has 0 saturated carbocycles. The van der Waals surface area contributed by atoms with Gasteiger partial charge in [-0.05, 0) is 20.3 Å². The zero-order valence-electron chi connectivity index (χ0n) is 8.78. The molecule has 0 aliphatic carbocycles. The molecule has 1 rings (SSSR count). The first-order valence-corrected chi connectivity index (χ1v) is 6.51. The van der Waals surface area contributed by atoms with Crippen LogP contribution in [0.1, 0.15) is 20.3 Å². The van der Waals surface area contributed by atoms with E-state index in [1.54, 1.807) is 13.8 Å².